The lowest BCUT2D eigenvalue weighted by Gasteiger charge is -2.23. The molecule has 1 nitrogen and oxygen atoms in total. The molecule has 0 aromatic heterocycles. The van der Waals surface area contributed by atoms with Crippen LogP contribution in [0, 0.1) is 0 Å². The zero-order valence-corrected chi connectivity index (χ0v) is 11.6. The Labute approximate surface area is 101 Å². The number of aromatic hydroxyl groups is 1. The predicted octanol–water partition coefficient (Wildman–Crippen LogP) is 4.58. The van der Waals surface area contributed by atoms with Gasteiger partial charge in [0.25, 0.3) is 0 Å². The molecule has 0 bridgehead atoms. The van der Waals surface area contributed by atoms with Crippen LogP contribution >= 0.6 is 15.9 Å². The molecule has 0 radical (unpaired) electrons. The van der Waals surface area contributed by atoms with E-state index >= 15 is 0 Å². The van der Waals surface area contributed by atoms with Crippen molar-refractivity contribution in [2.45, 2.75) is 46.0 Å². The first-order chi connectivity index (χ1) is 6.73. The summed E-state index contributed by atoms with van der Waals surface area (Å²) in [5.41, 5.74) is 2.35. The minimum Gasteiger partial charge on any atom is -0.508 e. The SMILES string of the molecule is CC(C)c1cc(C(C)(C)C)c(Br)cc1O. The van der Waals surface area contributed by atoms with Crippen molar-refractivity contribution in [3.63, 3.8) is 0 Å². The lowest BCUT2D eigenvalue weighted by molar-refractivity contribution is 0.462. The van der Waals surface area contributed by atoms with Gasteiger partial charge in [0, 0.05) is 4.47 Å². The molecule has 0 amide bonds. The Morgan fingerprint density at radius 3 is 2.13 bits per heavy atom. The minimum atomic E-state index is 0.0934. The fourth-order valence-corrected chi connectivity index (χ4v) is 2.54. The highest BCUT2D eigenvalue weighted by Crippen LogP contribution is 2.37. The zero-order chi connectivity index (χ0) is 11.8. The molecule has 0 saturated heterocycles. The number of hydrogen-bond donors (Lipinski definition) is 1. The highest BCUT2D eigenvalue weighted by atomic mass is 79.9. The van der Waals surface area contributed by atoms with E-state index in [0.29, 0.717) is 11.7 Å². The first-order valence-corrected chi connectivity index (χ1v) is 6.05. The van der Waals surface area contributed by atoms with Gasteiger partial charge in [-0.1, -0.05) is 56.6 Å². The second-order valence-corrected chi connectivity index (χ2v) is 6.15. The normalized spacial score (nSPS) is 12.2. The minimum absolute atomic E-state index is 0.0934. The molecule has 15 heavy (non-hydrogen) atoms. The average Bonchev–Trinajstić information content (AvgIpc) is 2.00. The summed E-state index contributed by atoms with van der Waals surface area (Å²) in [4.78, 5) is 0. The summed E-state index contributed by atoms with van der Waals surface area (Å²) in [5.74, 6) is 0.726. The fraction of sp³-hybridized carbons (Fsp3) is 0.538. The zero-order valence-electron chi connectivity index (χ0n) is 10.1. The summed E-state index contributed by atoms with van der Waals surface area (Å²) in [5, 5.41) is 9.82. The third-order valence-corrected chi connectivity index (χ3v) is 3.20. The van der Waals surface area contributed by atoms with Crippen LogP contribution in [0.5, 0.6) is 5.75 Å². The van der Waals surface area contributed by atoms with Gasteiger partial charge in [-0.25, -0.2) is 0 Å². The van der Waals surface area contributed by atoms with Gasteiger partial charge in [0.05, 0.1) is 0 Å². The first kappa shape index (κ1) is 12.6. The maximum Gasteiger partial charge on any atom is 0.120 e. The van der Waals surface area contributed by atoms with Crippen LogP contribution in [0.15, 0.2) is 16.6 Å². The molecule has 0 saturated carbocycles. The van der Waals surface area contributed by atoms with Gasteiger partial charge in [-0.3, -0.25) is 0 Å². The largest absolute Gasteiger partial charge is 0.508 e. The number of phenols is 1. The van der Waals surface area contributed by atoms with Crippen LogP contribution in [0.25, 0.3) is 0 Å². The smallest absolute Gasteiger partial charge is 0.120 e. The third kappa shape index (κ3) is 2.75. The molecule has 0 aliphatic heterocycles. The molecule has 1 aromatic carbocycles. The molecule has 84 valence electrons. The molecule has 0 unspecified atom stereocenters. The number of rotatable bonds is 1. The van der Waals surface area contributed by atoms with Crippen LogP contribution in [0.4, 0.5) is 0 Å². The van der Waals surface area contributed by atoms with Crippen molar-refractivity contribution in [2.75, 3.05) is 0 Å². The summed E-state index contributed by atoms with van der Waals surface area (Å²) in [7, 11) is 0. The van der Waals surface area contributed by atoms with E-state index in [1.54, 1.807) is 6.07 Å². The molecule has 0 spiro atoms. The topological polar surface area (TPSA) is 20.2 Å². The summed E-state index contributed by atoms with van der Waals surface area (Å²) < 4.78 is 0.983. The molecule has 1 rings (SSSR count). The van der Waals surface area contributed by atoms with E-state index in [4.69, 9.17) is 0 Å². The maximum absolute atomic E-state index is 9.82. The molecule has 2 heteroatoms. The van der Waals surface area contributed by atoms with Crippen LogP contribution < -0.4 is 0 Å². The Kier molecular flexibility index (Phi) is 3.49. The monoisotopic (exact) mass is 270 g/mol. The van der Waals surface area contributed by atoms with Crippen molar-refractivity contribution >= 4 is 15.9 Å². The lowest BCUT2D eigenvalue weighted by Crippen LogP contribution is -2.12. The molecular formula is C13H19BrO. The van der Waals surface area contributed by atoms with E-state index in [-0.39, 0.29) is 5.41 Å². The van der Waals surface area contributed by atoms with Gasteiger partial charge in [0.1, 0.15) is 5.75 Å². The van der Waals surface area contributed by atoms with Crippen LogP contribution in [0.2, 0.25) is 0 Å². The van der Waals surface area contributed by atoms with E-state index in [2.05, 4.69) is 56.6 Å². The Bertz CT molecular complexity index is 362. The first-order valence-electron chi connectivity index (χ1n) is 5.26. The summed E-state index contributed by atoms with van der Waals surface area (Å²) in [6.45, 7) is 10.7. The summed E-state index contributed by atoms with van der Waals surface area (Å²) in [6.07, 6.45) is 0. The van der Waals surface area contributed by atoms with E-state index in [9.17, 15) is 5.11 Å². The van der Waals surface area contributed by atoms with Gasteiger partial charge in [-0.2, -0.15) is 0 Å². The second-order valence-electron chi connectivity index (χ2n) is 5.30. The second kappa shape index (κ2) is 4.17. The molecule has 0 heterocycles. The number of benzene rings is 1. The highest BCUT2D eigenvalue weighted by Gasteiger charge is 2.20. The number of hydrogen-bond acceptors (Lipinski definition) is 1. The van der Waals surface area contributed by atoms with Gasteiger partial charge >= 0.3 is 0 Å². The average molecular weight is 271 g/mol. The molecular weight excluding hydrogens is 252 g/mol. The predicted molar refractivity (Wildman–Crippen MR) is 68.6 cm³/mol. The van der Waals surface area contributed by atoms with Gasteiger partial charge in [-0.05, 0) is 28.5 Å². The maximum atomic E-state index is 9.82. The van der Waals surface area contributed by atoms with Crippen molar-refractivity contribution < 1.29 is 5.11 Å². The summed E-state index contributed by atoms with van der Waals surface area (Å²) >= 11 is 3.51. The Morgan fingerprint density at radius 2 is 1.73 bits per heavy atom. The number of halogens is 1. The van der Waals surface area contributed by atoms with Crippen LogP contribution in [0.1, 0.15) is 51.7 Å². The van der Waals surface area contributed by atoms with Crippen molar-refractivity contribution in [3.05, 3.63) is 27.7 Å². The van der Waals surface area contributed by atoms with Crippen LogP contribution in [-0.2, 0) is 5.41 Å². The Morgan fingerprint density at radius 1 is 1.20 bits per heavy atom. The molecule has 1 aromatic rings. The highest BCUT2D eigenvalue weighted by molar-refractivity contribution is 9.10. The summed E-state index contributed by atoms with van der Waals surface area (Å²) in [6, 6.07) is 3.90. The van der Waals surface area contributed by atoms with Gasteiger partial charge in [0.15, 0.2) is 0 Å². The molecule has 0 atom stereocenters. The Balaban J connectivity index is 3.37. The van der Waals surface area contributed by atoms with Crippen molar-refractivity contribution in [1.29, 1.82) is 0 Å². The van der Waals surface area contributed by atoms with Crippen molar-refractivity contribution in [3.8, 4) is 5.75 Å². The molecule has 1 N–H and O–H groups in total. The molecule has 0 aliphatic carbocycles. The standard InChI is InChI=1S/C13H19BrO/c1-8(2)9-6-10(13(3,4)5)11(14)7-12(9)15/h6-8,15H,1-5H3. The van der Waals surface area contributed by atoms with E-state index in [1.165, 1.54) is 5.56 Å². The van der Waals surface area contributed by atoms with Crippen molar-refractivity contribution in [2.24, 2.45) is 0 Å². The third-order valence-electron chi connectivity index (χ3n) is 2.55. The molecule has 0 aliphatic rings. The van der Waals surface area contributed by atoms with E-state index in [1.807, 2.05) is 0 Å². The Hall–Kier alpha value is -0.500. The van der Waals surface area contributed by atoms with Gasteiger partial charge in [0.2, 0.25) is 0 Å². The van der Waals surface area contributed by atoms with Crippen LogP contribution in [0.3, 0.4) is 0 Å². The van der Waals surface area contributed by atoms with Gasteiger partial charge < -0.3 is 5.11 Å². The molecule has 0 fully saturated rings. The van der Waals surface area contributed by atoms with Gasteiger partial charge in [-0.15, -0.1) is 0 Å². The quantitative estimate of drug-likeness (QED) is 0.792. The number of phenolic OH excluding ortho intramolecular Hbond substituents is 1. The van der Waals surface area contributed by atoms with Crippen LogP contribution in [-0.4, -0.2) is 5.11 Å². The van der Waals surface area contributed by atoms with Crippen molar-refractivity contribution in [1.82, 2.24) is 0 Å². The van der Waals surface area contributed by atoms with E-state index in [0.717, 1.165) is 10.0 Å². The van der Waals surface area contributed by atoms with E-state index < -0.39 is 0 Å². The lowest BCUT2D eigenvalue weighted by atomic mass is 9.84. The fourth-order valence-electron chi connectivity index (χ4n) is 1.62.